The Morgan fingerprint density at radius 2 is 2.19 bits per heavy atom. The molecule has 1 aromatic carbocycles. The molecule has 0 aliphatic heterocycles. The van der Waals surface area contributed by atoms with Crippen molar-refractivity contribution in [3.05, 3.63) is 23.2 Å². The summed E-state index contributed by atoms with van der Waals surface area (Å²) in [6.45, 7) is 4.51. The highest BCUT2D eigenvalue weighted by Crippen LogP contribution is 2.27. The van der Waals surface area contributed by atoms with Crippen LogP contribution in [0, 0.1) is 0 Å². The van der Waals surface area contributed by atoms with E-state index in [1.165, 1.54) is 0 Å². The second-order valence-electron chi connectivity index (χ2n) is 3.60. The first kappa shape index (κ1) is 13.1. The highest BCUT2D eigenvalue weighted by atomic mass is 35.5. The van der Waals surface area contributed by atoms with E-state index in [4.69, 9.17) is 22.1 Å². The zero-order valence-electron chi connectivity index (χ0n) is 9.63. The van der Waals surface area contributed by atoms with Crippen molar-refractivity contribution in [3.63, 3.8) is 0 Å². The van der Waals surface area contributed by atoms with E-state index in [0.717, 1.165) is 38.3 Å². The molecule has 0 bridgehead atoms. The van der Waals surface area contributed by atoms with Crippen LogP contribution in [0.2, 0.25) is 5.02 Å². The number of ether oxygens (including phenoxy) is 1. The zero-order valence-corrected chi connectivity index (χ0v) is 10.4. The van der Waals surface area contributed by atoms with Gasteiger partial charge in [-0.05, 0) is 25.0 Å². The van der Waals surface area contributed by atoms with Gasteiger partial charge in [-0.25, -0.2) is 0 Å². The average molecular weight is 243 g/mol. The first-order chi connectivity index (χ1) is 7.75. The highest BCUT2D eigenvalue weighted by Gasteiger charge is 2.02. The van der Waals surface area contributed by atoms with Crippen LogP contribution in [-0.2, 0) is 4.74 Å². The average Bonchev–Trinajstić information content (AvgIpc) is 2.26. The number of rotatable bonds is 7. The van der Waals surface area contributed by atoms with Crippen LogP contribution in [0.5, 0.6) is 0 Å². The molecule has 0 fully saturated rings. The Kier molecular flexibility index (Phi) is 6.04. The summed E-state index contributed by atoms with van der Waals surface area (Å²) in [5, 5.41) is 3.88. The van der Waals surface area contributed by atoms with Crippen molar-refractivity contribution >= 4 is 23.0 Å². The maximum atomic E-state index is 6.02. The van der Waals surface area contributed by atoms with E-state index in [1.807, 2.05) is 18.2 Å². The normalized spacial score (nSPS) is 10.4. The minimum atomic E-state index is 0.662. The largest absolute Gasteiger partial charge is 0.397 e. The molecule has 0 aliphatic rings. The number of anilines is 2. The van der Waals surface area contributed by atoms with Crippen LogP contribution in [0.25, 0.3) is 0 Å². The topological polar surface area (TPSA) is 47.3 Å². The van der Waals surface area contributed by atoms with E-state index in [0.29, 0.717) is 10.7 Å². The van der Waals surface area contributed by atoms with Crippen LogP contribution < -0.4 is 11.1 Å². The van der Waals surface area contributed by atoms with Gasteiger partial charge in [0.1, 0.15) is 0 Å². The molecule has 0 unspecified atom stereocenters. The summed E-state index contributed by atoms with van der Waals surface area (Å²) in [5.41, 5.74) is 7.31. The molecule has 0 radical (unpaired) electrons. The molecule has 1 aromatic rings. The SMILES string of the molecule is CCCOCCCNc1c(N)cccc1Cl. The third-order valence-electron chi connectivity index (χ3n) is 2.16. The molecule has 1 rings (SSSR count). The zero-order chi connectivity index (χ0) is 11.8. The van der Waals surface area contributed by atoms with Gasteiger partial charge in [0, 0.05) is 19.8 Å². The third kappa shape index (κ3) is 4.29. The van der Waals surface area contributed by atoms with Crippen LogP contribution in [0.3, 0.4) is 0 Å². The quantitative estimate of drug-likeness (QED) is 0.570. The summed E-state index contributed by atoms with van der Waals surface area (Å²) in [6, 6.07) is 5.50. The molecule has 0 saturated heterocycles. The van der Waals surface area contributed by atoms with E-state index in [-0.39, 0.29) is 0 Å². The molecule has 0 aliphatic carbocycles. The molecule has 0 amide bonds. The Morgan fingerprint density at radius 3 is 2.88 bits per heavy atom. The molecular weight excluding hydrogens is 224 g/mol. The summed E-state index contributed by atoms with van der Waals surface area (Å²) < 4.78 is 5.38. The number of hydrogen-bond acceptors (Lipinski definition) is 3. The van der Waals surface area contributed by atoms with Crippen molar-refractivity contribution < 1.29 is 4.74 Å². The van der Waals surface area contributed by atoms with Crippen LogP contribution in [0.4, 0.5) is 11.4 Å². The smallest absolute Gasteiger partial charge is 0.0763 e. The van der Waals surface area contributed by atoms with E-state index >= 15 is 0 Å². The lowest BCUT2D eigenvalue weighted by atomic mass is 10.2. The minimum absolute atomic E-state index is 0.662. The van der Waals surface area contributed by atoms with Crippen LogP contribution >= 0.6 is 11.6 Å². The summed E-state index contributed by atoms with van der Waals surface area (Å²) in [5.74, 6) is 0. The van der Waals surface area contributed by atoms with Crippen molar-refractivity contribution in [2.45, 2.75) is 19.8 Å². The lowest BCUT2D eigenvalue weighted by Crippen LogP contribution is -2.08. The Labute approximate surface area is 102 Å². The summed E-state index contributed by atoms with van der Waals surface area (Å²) in [6.07, 6.45) is 2.01. The fraction of sp³-hybridized carbons (Fsp3) is 0.500. The molecule has 4 heteroatoms. The lowest BCUT2D eigenvalue weighted by molar-refractivity contribution is 0.134. The fourth-order valence-corrected chi connectivity index (χ4v) is 1.61. The summed E-state index contributed by atoms with van der Waals surface area (Å²) >= 11 is 6.02. The molecule has 16 heavy (non-hydrogen) atoms. The van der Waals surface area contributed by atoms with Crippen molar-refractivity contribution in [2.75, 3.05) is 30.8 Å². The van der Waals surface area contributed by atoms with Gasteiger partial charge in [-0.2, -0.15) is 0 Å². The van der Waals surface area contributed by atoms with E-state index < -0.39 is 0 Å². The summed E-state index contributed by atoms with van der Waals surface area (Å²) in [7, 11) is 0. The maximum Gasteiger partial charge on any atom is 0.0763 e. The van der Waals surface area contributed by atoms with Gasteiger partial charge in [-0.3, -0.25) is 0 Å². The van der Waals surface area contributed by atoms with Gasteiger partial charge in [0.2, 0.25) is 0 Å². The van der Waals surface area contributed by atoms with Crippen molar-refractivity contribution in [1.29, 1.82) is 0 Å². The molecule has 0 heterocycles. The number of hydrogen-bond donors (Lipinski definition) is 2. The number of nitrogens with two attached hydrogens (primary N) is 1. The van der Waals surface area contributed by atoms with E-state index in [2.05, 4.69) is 12.2 Å². The molecule has 0 spiro atoms. The van der Waals surface area contributed by atoms with Gasteiger partial charge in [-0.1, -0.05) is 24.6 Å². The van der Waals surface area contributed by atoms with Crippen LogP contribution in [0.1, 0.15) is 19.8 Å². The van der Waals surface area contributed by atoms with Gasteiger partial charge < -0.3 is 15.8 Å². The number of benzene rings is 1. The monoisotopic (exact) mass is 242 g/mol. The second kappa shape index (κ2) is 7.36. The van der Waals surface area contributed by atoms with E-state index in [1.54, 1.807) is 0 Å². The molecule has 0 atom stereocenters. The lowest BCUT2D eigenvalue weighted by Gasteiger charge is -2.10. The van der Waals surface area contributed by atoms with Gasteiger partial charge in [0.05, 0.1) is 16.4 Å². The van der Waals surface area contributed by atoms with Gasteiger partial charge >= 0.3 is 0 Å². The van der Waals surface area contributed by atoms with Crippen LogP contribution in [-0.4, -0.2) is 19.8 Å². The molecule has 3 N–H and O–H groups in total. The number of nitrogens with one attached hydrogen (secondary N) is 1. The van der Waals surface area contributed by atoms with Crippen molar-refractivity contribution in [2.24, 2.45) is 0 Å². The van der Waals surface area contributed by atoms with Crippen LogP contribution in [0.15, 0.2) is 18.2 Å². The Morgan fingerprint density at radius 1 is 1.38 bits per heavy atom. The van der Waals surface area contributed by atoms with Gasteiger partial charge in [-0.15, -0.1) is 0 Å². The summed E-state index contributed by atoms with van der Waals surface area (Å²) in [4.78, 5) is 0. The van der Waals surface area contributed by atoms with Gasteiger partial charge in [0.25, 0.3) is 0 Å². The maximum absolute atomic E-state index is 6.02. The first-order valence-electron chi connectivity index (χ1n) is 5.61. The van der Waals surface area contributed by atoms with Crippen molar-refractivity contribution in [1.82, 2.24) is 0 Å². The molecule has 0 saturated carbocycles. The Balaban J connectivity index is 2.26. The Hall–Kier alpha value is -0.930. The number of nitrogen functional groups attached to an aromatic ring is 1. The third-order valence-corrected chi connectivity index (χ3v) is 2.48. The predicted octanol–water partition coefficient (Wildman–Crippen LogP) is 3.15. The van der Waals surface area contributed by atoms with Crippen molar-refractivity contribution in [3.8, 4) is 0 Å². The Bertz CT molecular complexity index is 298. The molecule has 0 aromatic heterocycles. The van der Waals surface area contributed by atoms with Gasteiger partial charge in [0.15, 0.2) is 0 Å². The molecule has 90 valence electrons. The first-order valence-corrected chi connectivity index (χ1v) is 5.99. The number of halogens is 1. The highest BCUT2D eigenvalue weighted by molar-refractivity contribution is 6.33. The van der Waals surface area contributed by atoms with E-state index in [9.17, 15) is 0 Å². The fourth-order valence-electron chi connectivity index (χ4n) is 1.36. The predicted molar refractivity (Wildman–Crippen MR) is 70.1 cm³/mol. The second-order valence-corrected chi connectivity index (χ2v) is 4.00. The molecular formula is C12H19ClN2O. The molecule has 3 nitrogen and oxygen atoms in total. The minimum Gasteiger partial charge on any atom is -0.397 e. The number of para-hydroxylation sites is 1. The standard InChI is InChI=1S/C12H19ClN2O/c1-2-8-16-9-4-7-15-12-10(13)5-3-6-11(12)14/h3,5-6,15H,2,4,7-9,14H2,1H3.